The fraction of sp³-hybridized carbons (Fsp3) is 0.176. The first-order valence-electron chi connectivity index (χ1n) is 6.66. The number of halogens is 1. The number of methoxy groups -OCH3 is 1. The van der Waals surface area contributed by atoms with Crippen molar-refractivity contribution in [3.05, 3.63) is 65.0 Å². The minimum atomic E-state index is -1.04. The van der Waals surface area contributed by atoms with Gasteiger partial charge in [-0.15, -0.1) is 0 Å². The maximum Gasteiger partial charge on any atom is 0.335 e. The number of carbonyl (C=O) groups is 2. The van der Waals surface area contributed by atoms with Crippen molar-refractivity contribution >= 4 is 11.8 Å². The SMILES string of the molecule is COc1ccc(F)cc1CC(=O)Cc1cccc(C(=O)O)c1. The molecule has 0 saturated carbocycles. The van der Waals surface area contributed by atoms with E-state index in [0.29, 0.717) is 16.9 Å². The van der Waals surface area contributed by atoms with Crippen LogP contribution in [0.3, 0.4) is 0 Å². The number of ether oxygens (including phenoxy) is 1. The van der Waals surface area contributed by atoms with Crippen LogP contribution in [0, 0.1) is 5.82 Å². The number of hydrogen-bond donors (Lipinski definition) is 1. The predicted octanol–water partition coefficient (Wildman–Crippen LogP) is 2.89. The van der Waals surface area contributed by atoms with Crippen LogP contribution in [0.25, 0.3) is 0 Å². The summed E-state index contributed by atoms with van der Waals surface area (Å²) < 4.78 is 18.4. The number of Topliss-reactive ketones (excluding diaryl/α,β-unsaturated/α-hetero) is 1. The molecule has 0 aromatic heterocycles. The molecule has 4 nitrogen and oxygen atoms in total. The first-order chi connectivity index (χ1) is 10.5. The zero-order chi connectivity index (χ0) is 16.1. The Hall–Kier alpha value is -2.69. The minimum absolute atomic E-state index is 0.0260. The van der Waals surface area contributed by atoms with Gasteiger partial charge in [-0.05, 0) is 35.9 Å². The Morgan fingerprint density at radius 2 is 1.91 bits per heavy atom. The van der Waals surface area contributed by atoms with Gasteiger partial charge in [-0.3, -0.25) is 4.79 Å². The van der Waals surface area contributed by atoms with Gasteiger partial charge in [0.1, 0.15) is 17.3 Å². The lowest BCUT2D eigenvalue weighted by atomic mass is 10.0. The quantitative estimate of drug-likeness (QED) is 0.891. The van der Waals surface area contributed by atoms with Gasteiger partial charge in [0, 0.05) is 18.4 Å². The van der Waals surface area contributed by atoms with Gasteiger partial charge in [0.25, 0.3) is 0 Å². The average molecular weight is 302 g/mol. The van der Waals surface area contributed by atoms with E-state index < -0.39 is 11.8 Å². The smallest absolute Gasteiger partial charge is 0.335 e. The lowest BCUT2D eigenvalue weighted by Crippen LogP contribution is -2.09. The maximum absolute atomic E-state index is 13.3. The summed E-state index contributed by atoms with van der Waals surface area (Å²) in [6.45, 7) is 0. The molecule has 114 valence electrons. The topological polar surface area (TPSA) is 63.6 Å². The molecule has 0 unspecified atom stereocenters. The Morgan fingerprint density at radius 3 is 2.59 bits per heavy atom. The molecule has 0 aliphatic heterocycles. The highest BCUT2D eigenvalue weighted by molar-refractivity contribution is 5.89. The highest BCUT2D eigenvalue weighted by Gasteiger charge is 2.12. The average Bonchev–Trinajstić information content (AvgIpc) is 2.47. The van der Waals surface area contributed by atoms with Gasteiger partial charge < -0.3 is 9.84 Å². The molecule has 2 rings (SSSR count). The highest BCUT2D eigenvalue weighted by atomic mass is 19.1. The standard InChI is InChI=1S/C17H15FO4/c1-22-16-6-5-14(18)9-13(16)10-15(19)8-11-3-2-4-12(7-11)17(20)21/h2-7,9H,8,10H2,1H3,(H,20,21). The largest absolute Gasteiger partial charge is 0.496 e. The first-order valence-corrected chi connectivity index (χ1v) is 6.66. The molecule has 1 N–H and O–H groups in total. The molecule has 5 heteroatoms. The fourth-order valence-electron chi connectivity index (χ4n) is 2.20. The summed E-state index contributed by atoms with van der Waals surface area (Å²) in [5.41, 5.74) is 1.22. The van der Waals surface area contributed by atoms with Crippen LogP contribution < -0.4 is 4.74 Å². The van der Waals surface area contributed by atoms with Crippen LogP contribution in [0.4, 0.5) is 4.39 Å². The van der Waals surface area contributed by atoms with Gasteiger partial charge in [0.05, 0.1) is 12.7 Å². The highest BCUT2D eigenvalue weighted by Crippen LogP contribution is 2.20. The van der Waals surface area contributed by atoms with E-state index in [0.717, 1.165) is 0 Å². The molecule has 0 saturated heterocycles. The van der Waals surface area contributed by atoms with Gasteiger partial charge in [0.15, 0.2) is 0 Å². The number of carboxylic acids is 1. The Bertz CT molecular complexity index is 710. The van der Waals surface area contributed by atoms with Crippen LogP contribution >= 0.6 is 0 Å². The molecule has 0 bridgehead atoms. The summed E-state index contributed by atoms with van der Waals surface area (Å²) in [6, 6.07) is 10.2. The maximum atomic E-state index is 13.3. The molecular weight excluding hydrogens is 287 g/mol. The first kappa shape index (κ1) is 15.7. The molecule has 0 heterocycles. The molecule has 0 atom stereocenters. The number of ketones is 1. The van der Waals surface area contributed by atoms with Crippen molar-refractivity contribution in [3.63, 3.8) is 0 Å². The van der Waals surface area contributed by atoms with E-state index in [-0.39, 0.29) is 24.2 Å². The predicted molar refractivity (Wildman–Crippen MR) is 78.8 cm³/mol. The molecule has 0 aliphatic rings. The minimum Gasteiger partial charge on any atom is -0.496 e. The second-order valence-electron chi connectivity index (χ2n) is 4.85. The van der Waals surface area contributed by atoms with Crippen molar-refractivity contribution in [1.29, 1.82) is 0 Å². The molecule has 0 radical (unpaired) electrons. The van der Waals surface area contributed by atoms with Crippen LogP contribution in [0.1, 0.15) is 21.5 Å². The third-order valence-electron chi connectivity index (χ3n) is 3.21. The Labute approximate surface area is 127 Å². The van der Waals surface area contributed by atoms with Crippen molar-refractivity contribution in [2.45, 2.75) is 12.8 Å². The summed E-state index contributed by atoms with van der Waals surface area (Å²) in [6.07, 6.45) is 0.110. The normalized spacial score (nSPS) is 10.3. The number of rotatable bonds is 6. The van der Waals surface area contributed by atoms with E-state index in [9.17, 15) is 14.0 Å². The number of benzene rings is 2. The monoisotopic (exact) mass is 302 g/mol. The summed E-state index contributed by atoms with van der Waals surface area (Å²) >= 11 is 0. The van der Waals surface area contributed by atoms with E-state index in [1.807, 2.05) is 0 Å². The second-order valence-corrected chi connectivity index (χ2v) is 4.85. The Balaban J connectivity index is 2.12. The summed E-state index contributed by atoms with van der Waals surface area (Å²) in [7, 11) is 1.46. The van der Waals surface area contributed by atoms with E-state index in [2.05, 4.69) is 0 Å². The fourth-order valence-corrected chi connectivity index (χ4v) is 2.20. The van der Waals surface area contributed by atoms with Crippen molar-refractivity contribution in [3.8, 4) is 5.75 Å². The van der Waals surface area contributed by atoms with Crippen LogP contribution in [0.15, 0.2) is 42.5 Å². The lowest BCUT2D eigenvalue weighted by molar-refractivity contribution is -0.117. The summed E-state index contributed by atoms with van der Waals surface area (Å²) in [5.74, 6) is -1.17. The van der Waals surface area contributed by atoms with Crippen molar-refractivity contribution in [2.24, 2.45) is 0 Å². The van der Waals surface area contributed by atoms with E-state index in [1.54, 1.807) is 12.1 Å². The summed E-state index contributed by atoms with van der Waals surface area (Å²) in [4.78, 5) is 23.0. The lowest BCUT2D eigenvalue weighted by Gasteiger charge is -2.08. The Kier molecular flexibility index (Phi) is 4.88. The van der Waals surface area contributed by atoms with Gasteiger partial charge in [-0.25, -0.2) is 9.18 Å². The molecule has 0 spiro atoms. The molecule has 2 aromatic carbocycles. The third-order valence-corrected chi connectivity index (χ3v) is 3.21. The molecule has 2 aromatic rings. The number of carbonyl (C=O) groups excluding carboxylic acids is 1. The van der Waals surface area contributed by atoms with Gasteiger partial charge in [-0.2, -0.15) is 0 Å². The third kappa shape index (κ3) is 3.91. The van der Waals surface area contributed by atoms with E-state index >= 15 is 0 Å². The second kappa shape index (κ2) is 6.85. The van der Waals surface area contributed by atoms with Gasteiger partial charge in [-0.1, -0.05) is 12.1 Å². The van der Waals surface area contributed by atoms with Crippen molar-refractivity contribution in [1.82, 2.24) is 0 Å². The Morgan fingerprint density at radius 1 is 1.14 bits per heavy atom. The molecule has 0 fully saturated rings. The van der Waals surface area contributed by atoms with Crippen molar-refractivity contribution in [2.75, 3.05) is 7.11 Å². The van der Waals surface area contributed by atoms with E-state index in [4.69, 9.17) is 9.84 Å². The van der Waals surface area contributed by atoms with Crippen LogP contribution in [0.5, 0.6) is 5.75 Å². The zero-order valence-corrected chi connectivity index (χ0v) is 12.0. The summed E-state index contributed by atoms with van der Waals surface area (Å²) in [5, 5.41) is 8.93. The molecule has 0 amide bonds. The molecular formula is C17H15FO4. The zero-order valence-electron chi connectivity index (χ0n) is 12.0. The van der Waals surface area contributed by atoms with Crippen molar-refractivity contribution < 1.29 is 23.8 Å². The van der Waals surface area contributed by atoms with Crippen LogP contribution in [-0.4, -0.2) is 24.0 Å². The van der Waals surface area contributed by atoms with E-state index in [1.165, 1.54) is 37.4 Å². The number of hydrogen-bond acceptors (Lipinski definition) is 3. The number of aromatic carboxylic acids is 1. The molecule has 0 aliphatic carbocycles. The van der Waals surface area contributed by atoms with Crippen LogP contribution in [0.2, 0.25) is 0 Å². The van der Waals surface area contributed by atoms with Crippen LogP contribution in [-0.2, 0) is 17.6 Å². The van der Waals surface area contributed by atoms with Gasteiger partial charge >= 0.3 is 5.97 Å². The molecule has 22 heavy (non-hydrogen) atoms. The van der Waals surface area contributed by atoms with Gasteiger partial charge in [0.2, 0.25) is 0 Å². The number of carboxylic acid groups (broad SMARTS) is 1.